The van der Waals surface area contributed by atoms with Gasteiger partial charge >= 0.3 is 0 Å². The van der Waals surface area contributed by atoms with Gasteiger partial charge in [0, 0.05) is 5.88 Å². The van der Waals surface area contributed by atoms with Crippen LogP contribution in [0.2, 0.25) is 0 Å². The molecule has 0 radical (unpaired) electrons. The molecule has 0 saturated carbocycles. The van der Waals surface area contributed by atoms with Gasteiger partial charge < -0.3 is 5.32 Å². The Kier molecular flexibility index (Phi) is 5.67. The number of hydrogen-bond donors (Lipinski definition) is 1. The Hall–Kier alpha value is -1.02. The molecule has 0 bridgehead atoms. The van der Waals surface area contributed by atoms with Crippen LogP contribution in [0.25, 0.3) is 0 Å². The number of carbonyl (C=O) groups is 1. The monoisotopic (exact) mass is 267 g/mol. The third kappa shape index (κ3) is 4.02. The van der Waals surface area contributed by atoms with E-state index in [1.165, 1.54) is 5.56 Å². The van der Waals surface area contributed by atoms with Crippen LogP contribution in [0.4, 0.5) is 0 Å². The highest BCUT2D eigenvalue weighted by Crippen LogP contribution is 2.17. The lowest BCUT2D eigenvalue weighted by molar-refractivity contribution is -0.122. The summed E-state index contributed by atoms with van der Waals surface area (Å²) in [6.45, 7) is 6.14. The van der Waals surface area contributed by atoms with Gasteiger partial charge in [-0.1, -0.05) is 43.7 Å². The third-order valence-corrected chi connectivity index (χ3v) is 3.97. The topological polar surface area (TPSA) is 29.1 Å². The average molecular weight is 268 g/mol. The van der Waals surface area contributed by atoms with Crippen molar-refractivity contribution in [2.24, 2.45) is 0 Å². The van der Waals surface area contributed by atoms with Crippen molar-refractivity contribution in [1.29, 1.82) is 0 Å². The zero-order chi connectivity index (χ0) is 13.6. The second-order valence-corrected chi connectivity index (χ2v) is 5.10. The summed E-state index contributed by atoms with van der Waals surface area (Å²) in [7, 11) is 0. The Morgan fingerprint density at radius 1 is 1.33 bits per heavy atom. The fourth-order valence-electron chi connectivity index (χ4n) is 2.00. The maximum atomic E-state index is 12.0. The van der Waals surface area contributed by atoms with Crippen LogP contribution in [0.15, 0.2) is 24.3 Å². The number of nitrogens with one attached hydrogen (secondary N) is 1. The Morgan fingerprint density at radius 3 is 2.50 bits per heavy atom. The molecule has 1 amide bonds. The first kappa shape index (κ1) is 15.0. The molecule has 0 aromatic heterocycles. The van der Waals surface area contributed by atoms with Crippen molar-refractivity contribution in [3.63, 3.8) is 0 Å². The van der Waals surface area contributed by atoms with Crippen LogP contribution in [0.3, 0.4) is 0 Å². The Bertz CT molecular complexity index is 391. The first-order valence-electron chi connectivity index (χ1n) is 6.47. The molecule has 0 atom stereocenters. The van der Waals surface area contributed by atoms with Gasteiger partial charge in [0.1, 0.15) is 0 Å². The molecule has 1 aromatic rings. The SMILES string of the molecule is CCC(CC)(CCl)NC(=O)Cc1cccc(C)c1. The lowest BCUT2D eigenvalue weighted by Crippen LogP contribution is -2.49. The lowest BCUT2D eigenvalue weighted by Gasteiger charge is -2.30. The first-order valence-corrected chi connectivity index (χ1v) is 7.01. The van der Waals surface area contributed by atoms with Crippen molar-refractivity contribution in [2.75, 3.05) is 5.88 Å². The largest absolute Gasteiger partial charge is 0.349 e. The standard InChI is InChI=1S/C15H22ClNO/c1-4-15(5-2,11-16)17-14(18)10-13-8-6-7-12(3)9-13/h6-9H,4-5,10-11H2,1-3H3,(H,17,18). The molecule has 1 aromatic carbocycles. The van der Waals surface area contributed by atoms with Gasteiger partial charge in [-0.3, -0.25) is 4.79 Å². The van der Waals surface area contributed by atoms with E-state index in [9.17, 15) is 4.79 Å². The minimum atomic E-state index is -0.261. The van der Waals surface area contributed by atoms with Crippen molar-refractivity contribution in [1.82, 2.24) is 5.32 Å². The van der Waals surface area contributed by atoms with Gasteiger partial charge in [0.2, 0.25) is 5.91 Å². The van der Waals surface area contributed by atoms with Crippen LogP contribution in [0.1, 0.15) is 37.8 Å². The molecule has 0 aliphatic carbocycles. The van der Waals surface area contributed by atoms with E-state index in [0.717, 1.165) is 18.4 Å². The number of rotatable bonds is 6. The third-order valence-electron chi connectivity index (χ3n) is 3.46. The maximum absolute atomic E-state index is 12.0. The first-order chi connectivity index (χ1) is 8.55. The molecule has 2 nitrogen and oxygen atoms in total. The highest BCUT2D eigenvalue weighted by Gasteiger charge is 2.26. The van der Waals surface area contributed by atoms with Crippen LogP contribution >= 0.6 is 11.6 Å². The molecule has 0 aliphatic rings. The van der Waals surface area contributed by atoms with E-state index in [4.69, 9.17) is 11.6 Å². The maximum Gasteiger partial charge on any atom is 0.224 e. The van der Waals surface area contributed by atoms with Gasteiger partial charge in [0.15, 0.2) is 0 Å². The molecule has 1 rings (SSSR count). The van der Waals surface area contributed by atoms with E-state index in [1.807, 2.05) is 31.2 Å². The molecule has 0 aliphatic heterocycles. The molecule has 0 heterocycles. The highest BCUT2D eigenvalue weighted by atomic mass is 35.5. The van der Waals surface area contributed by atoms with Crippen molar-refractivity contribution >= 4 is 17.5 Å². The molecule has 1 N–H and O–H groups in total. The van der Waals surface area contributed by atoms with Crippen LogP contribution in [-0.2, 0) is 11.2 Å². The van der Waals surface area contributed by atoms with Crippen molar-refractivity contribution in [3.05, 3.63) is 35.4 Å². The van der Waals surface area contributed by atoms with Gasteiger partial charge in [-0.15, -0.1) is 11.6 Å². The molecule has 0 spiro atoms. The molecule has 0 fully saturated rings. The molecular weight excluding hydrogens is 246 g/mol. The predicted molar refractivity (Wildman–Crippen MR) is 77.1 cm³/mol. The molecular formula is C15H22ClNO. The zero-order valence-corrected chi connectivity index (χ0v) is 12.2. The summed E-state index contributed by atoms with van der Waals surface area (Å²) in [6.07, 6.45) is 2.12. The second-order valence-electron chi connectivity index (χ2n) is 4.84. The van der Waals surface area contributed by atoms with Gasteiger partial charge in [-0.25, -0.2) is 0 Å². The number of carbonyl (C=O) groups excluding carboxylic acids is 1. The van der Waals surface area contributed by atoms with Gasteiger partial charge in [-0.05, 0) is 25.3 Å². The fraction of sp³-hybridized carbons (Fsp3) is 0.533. The highest BCUT2D eigenvalue weighted by molar-refractivity contribution is 6.18. The van der Waals surface area contributed by atoms with E-state index >= 15 is 0 Å². The van der Waals surface area contributed by atoms with Crippen LogP contribution in [0, 0.1) is 6.92 Å². The molecule has 18 heavy (non-hydrogen) atoms. The summed E-state index contributed by atoms with van der Waals surface area (Å²) in [6, 6.07) is 8.03. The lowest BCUT2D eigenvalue weighted by atomic mass is 9.94. The summed E-state index contributed by atoms with van der Waals surface area (Å²) in [5, 5.41) is 3.08. The van der Waals surface area contributed by atoms with E-state index in [1.54, 1.807) is 0 Å². The van der Waals surface area contributed by atoms with Crippen molar-refractivity contribution in [2.45, 2.75) is 45.6 Å². The van der Waals surface area contributed by atoms with Crippen LogP contribution in [0.5, 0.6) is 0 Å². The van der Waals surface area contributed by atoms with Crippen LogP contribution < -0.4 is 5.32 Å². The number of aryl methyl sites for hydroxylation is 1. The molecule has 0 saturated heterocycles. The molecule has 3 heteroatoms. The minimum absolute atomic E-state index is 0.0463. The normalized spacial score (nSPS) is 11.3. The number of alkyl halides is 1. The fourth-order valence-corrected chi connectivity index (χ4v) is 2.44. The zero-order valence-electron chi connectivity index (χ0n) is 11.4. The van der Waals surface area contributed by atoms with Crippen LogP contribution in [-0.4, -0.2) is 17.3 Å². The Morgan fingerprint density at radius 2 is 2.00 bits per heavy atom. The van der Waals surface area contributed by atoms with E-state index < -0.39 is 0 Å². The summed E-state index contributed by atoms with van der Waals surface area (Å²) >= 11 is 5.98. The number of benzene rings is 1. The molecule has 0 unspecified atom stereocenters. The van der Waals surface area contributed by atoms with E-state index in [0.29, 0.717) is 12.3 Å². The Balaban J connectivity index is 2.66. The minimum Gasteiger partial charge on any atom is -0.349 e. The Labute approximate surface area is 115 Å². The smallest absolute Gasteiger partial charge is 0.224 e. The van der Waals surface area contributed by atoms with E-state index in [-0.39, 0.29) is 11.4 Å². The average Bonchev–Trinajstić information content (AvgIpc) is 2.36. The number of amides is 1. The second kappa shape index (κ2) is 6.79. The summed E-state index contributed by atoms with van der Waals surface area (Å²) in [5.41, 5.74) is 1.96. The quantitative estimate of drug-likeness (QED) is 0.786. The number of halogens is 1. The predicted octanol–water partition coefficient (Wildman–Crippen LogP) is 3.45. The van der Waals surface area contributed by atoms with E-state index in [2.05, 4.69) is 19.2 Å². The van der Waals surface area contributed by atoms with Gasteiger partial charge in [0.05, 0.1) is 12.0 Å². The summed E-state index contributed by atoms with van der Waals surface area (Å²) in [4.78, 5) is 12.0. The van der Waals surface area contributed by atoms with Crippen molar-refractivity contribution in [3.8, 4) is 0 Å². The van der Waals surface area contributed by atoms with Gasteiger partial charge in [-0.2, -0.15) is 0 Å². The number of hydrogen-bond acceptors (Lipinski definition) is 1. The summed E-state index contributed by atoms with van der Waals surface area (Å²) in [5.74, 6) is 0.504. The molecule has 100 valence electrons. The van der Waals surface area contributed by atoms with Gasteiger partial charge in [0.25, 0.3) is 0 Å². The summed E-state index contributed by atoms with van der Waals surface area (Å²) < 4.78 is 0. The van der Waals surface area contributed by atoms with Crippen molar-refractivity contribution < 1.29 is 4.79 Å².